The van der Waals surface area contributed by atoms with Crippen molar-refractivity contribution in [3.05, 3.63) is 84.9 Å². The van der Waals surface area contributed by atoms with Crippen molar-refractivity contribution in [2.45, 2.75) is 22.6 Å². The third kappa shape index (κ3) is 2.87. The Morgan fingerprint density at radius 2 is 1.48 bits per heavy atom. The predicted molar refractivity (Wildman–Crippen MR) is 115 cm³/mol. The monoisotopic (exact) mass is 401 g/mol. The molecular weight excluding hydrogens is 382 g/mol. The molecule has 3 aromatic rings. The van der Waals surface area contributed by atoms with Crippen molar-refractivity contribution in [3.8, 4) is 0 Å². The lowest BCUT2D eigenvalue weighted by atomic mass is 10.2. The minimum atomic E-state index is -0.956. The van der Waals surface area contributed by atoms with E-state index in [4.69, 9.17) is 0 Å². The van der Waals surface area contributed by atoms with Gasteiger partial charge in [0.2, 0.25) is 5.91 Å². The van der Waals surface area contributed by atoms with Crippen LogP contribution in [-0.4, -0.2) is 16.7 Å². The van der Waals surface area contributed by atoms with E-state index in [1.807, 2.05) is 84.9 Å². The summed E-state index contributed by atoms with van der Waals surface area (Å²) in [5.74, 6) is -0.208. The summed E-state index contributed by atoms with van der Waals surface area (Å²) in [4.78, 5) is 28.0. The van der Waals surface area contributed by atoms with Gasteiger partial charge in [-0.1, -0.05) is 60.3 Å². The second-order valence-corrected chi connectivity index (χ2v) is 8.35. The van der Waals surface area contributed by atoms with E-state index in [0.717, 1.165) is 22.0 Å². The van der Waals surface area contributed by atoms with Crippen LogP contribution in [0.2, 0.25) is 0 Å². The largest absolute Gasteiger partial charge is 0.287 e. The summed E-state index contributed by atoms with van der Waals surface area (Å²) >= 11 is 1.46. The summed E-state index contributed by atoms with van der Waals surface area (Å²) in [5, 5.41) is 1.78. The molecule has 6 heteroatoms. The SMILES string of the molecule is O=C1CCC2(C(=O)NN(c3ccccc3)c3ccccc3)Sc3ccccc3N12. The third-order valence-corrected chi connectivity index (χ3v) is 6.75. The zero-order valence-corrected chi connectivity index (χ0v) is 16.4. The molecule has 144 valence electrons. The van der Waals surface area contributed by atoms with Crippen LogP contribution in [0.25, 0.3) is 0 Å². The molecule has 1 fully saturated rings. The number of benzene rings is 3. The maximum Gasteiger partial charge on any atom is 0.276 e. The number of rotatable bonds is 4. The van der Waals surface area contributed by atoms with Crippen LogP contribution in [0.15, 0.2) is 89.8 Å². The Morgan fingerprint density at radius 3 is 2.14 bits per heavy atom. The number of anilines is 3. The Morgan fingerprint density at radius 1 is 0.897 bits per heavy atom. The molecule has 0 saturated carbocycles. The highest BCUT2D eigenvalue weighted by Crippen LogP contribution is 2.55. The van der Waals surface area contributed by atoms with Crippen LogP contribution < -0.4 is 15.3 Å². The standard InChI is InChI=1S/C23H19N3O2S/c27-21-15-16-23(25(21)19-13-7-8-14-20(19)29-23)22(28)24-26(17-9-3-1-4-10-17)18-11-5-2-6-12-18/h1-14H,15-16H2,(H,24,28). The summed E-state index contributed by atoms with van der Waals surface area (Å²) in [6.45, 7) is 0. The Balaban J connectivity index is 1.52. The number of hydrazine groups is 1. The van der Waals surface area contributed by atoms with Gasteiger partial charge in [0.25, 0.3) is 5.91 Å². The average molecular weight is 401 g/mol. The lowest BCUT2D eigenvalue weighted by Crippen LogP contribution is -2.56. The molecular formula is C23H19N3O2S. The van der Waals surface area contributed by atoms with Crippen LogP contribution in [0, 0.1) is 0 Å². The number of nitrogens with zero attached hydrogens (tertiary/aromatic N) is 2. The topological polar surface area (TPSA) is 52.7 Å². The average Bonchev–Trinajstić information content (AvgIpc) is 3.29. The van der Waals surface area contributed by atoms with Crippen molar-refractivity contribution in [2.75, 3.05) is 9.91 Å². The molecule has 0 aromatic heterocycles. The van der Waals surface area contributed by atoms with Gasteiger partial charge in [-0.15, -0.1) is 0 Å². The Kier molecular flexibility index (Phi) is 4.28. The molecule has 5 nitrogen and oxygen atoms in total. The number of nitrogens with one attached hydrogen (secondary N) is 1. The number of amides is 2. The van der Waals surface area contributed by atoms with Crippen molar-refractivity contribution >= 4 is 40.6 Å². The smallest absolute Gasteiger partial charge is 0.276 e. The highest BCUT2D eigenvalue weighted by molar-refractivity contribution is 8.02. The van der Waals surface area contributed by atoms with E-state index >= 15 is 0 Å². The van der Waals surface area contributed by atoms with E-state index < -0.39 is 4.87 Å². The van der Waals surface area contributed by atoms with Gasteiger partial charge >= 0.3 is 0 Å². The third-order valence-electron chi connectivity index (χ3n) is 5.27. The minimum Gasteiger partial charge on any atom is -0.287 e. The normalized spacial score (nSPS) is 19.6. The molecule has 2 aliphatic rings. The summed E-state index contributed by atoms with van der Waals surface area (Å²) in [7, 11) is 0. The number of thioether (sulfide) groups is 1. The van der Waals surface area contributed by atoms with Crippen molar-refractivity contribution < 1.29 is 9.59 Å². The van der Waals surface area contributed by atoms with Gasteiger partial charge in [0, 0.05) is 11.3 Å². The summed E-state index contributed by atoms with van der Waals surface area (Å²) in [5.41, 5.74) is 5.60. The summed E-state index contributed by atoms with van der Waals surface area (Å²) < 4.78 is 0. The van der Waals surface area contributed by atoms with E-state index in [9.17, 15) is 9.59 Å². The molecule has 2 aliphatic heterocycles. The van der Waals surface area contributed by atoms with Gasteiger partial charge in [0.15, 0.2) is 4.87 Å². The number of carbonyl (C=O) groups is 2. The molecule has 0 aliphatic carbocycles. The van der Waals surface area contributed by atoms with Gasteiger partial charge in [0.05, 0.1) is 17.1 Å². The number of carbonyl (C=O) groups excluding carboxylic acids is 2. The van der Waals surface area contributed by atoms with Crippen LogP contribution in [0.4, 0.5) is 17.1 Å². The molecule has 1 N–H and O–H groups in total. The predicted octanol–water partition coefficient (Wildman–Crippen LogP) is 4.48. The van der Waals surface area contributed by atoms with E-state index in [-0.39, 0.29) is 11.8 Å². The molecule has 1 unspecified atom stereocenters. The van der Waals surface area contributed by atoms with Crippen LogP contribution in [0.3, 0.4) is 0 Å². The maximum absolute atomic E-state index is 13.7. The molecule has 5 rings (SSSR count). The van der Waals surface area contributed by atoms with E-state index in [0.29, 0.717) is 12.8 Å². The first kappa shape index (κ1) is 17.8. The number of fused-ring (bicyclic) bond motifs is 3. The minimum absolute atomic E-state index is 0.0106. The zero-order valence-electron chi connectivity index (χ0n) is 15.6. The molecule has 1 atom stereocenters. The number of para-hydroxylation sites is 3. The highest BCUT2D eigenvalue weighted by atomic mass is 32.2. The zero-order chi connectivity index (χ0) is 19.8. The molecule has 0 radical (unpaired) electrons. The first-order valence-corrected chi connectivity index (χ1v) is 10.3. The van der Waals surface area contributed by atoms with Crippen molar-refractivity contribution in [3.63, 3.8) is 0 Å². The second kappa shape index (κ2) is 6.97. The molecule has 2 heterocycles. The fourth-order valence-electron chi connectivity index (χ4n) is 3.92. The van der Waals surface area contributed by atoms with E-state index in [2.05, 4.69) is 5.43 Å². The number of hydrogen-bond donors (Lipinski definition) is 1. The Labute approximate surface area is 173 Å². The number of hydrogen-bond acceptors (Lipinski definition) is 4. The summed E-state index contributed by atoms with van der Waals surface area (Å²) in [6.07, 6.45) is 0.847. The van der Waals surface area contributed by atoms with Crippen molar-refractivity contribution in [1.82, 2.24) is 5.43 Å². The van der Waals surface area contributed by atoms with Gasteiger partial charge in [-0.3, -0.25) is 24.9 Å². The van der Waals surface area contributed by atoms with Crippen LogP contribution in [-0.2, 0) is 9.59 Å². The lowest BCUT2D eigenvalue weighted by Gasteiger charge is -2.33. The van der Waals surface area contributed by atoms with Gasteiger partial charge in [-0.2, -0.15) is 0 Å². The Hall–Kier alpha value is -3.25. The van der Waals surface area contributed by atoms with Gasteiger partial charge < -0.3 is 0 Å². The fraction of sp³-hybridized carbons (Fsp3) is 0.130. The maximum atomic E-state index is 13.7. The molecule has 3 aromatic carbocycles. The highest BCUT2D eigenvalue weighted by Gasteiger charge is 2.57. The quantitative estimate of drug-likeness (QED) is 0.655. The van der Waals surface area contributed by atoms with Crippen molar-refractivity contribution in [2.24, 2.45) is 0 Å². The van der Waals surface area contributed by atoms with Crippen LogP contribution in [0.1, 0.15) is 12.8 Å². The molecule has 1 saturated heterocycles. The molecule has 0 spiro atoms. The summed E-state index contributed by atoms with van der Waals surface area (Å²) in [6, 6.07) is 27.1. The van der Waals surface area contributed by atoms with Crippen molar-refractivity contribution in [1.29, 1.82) is 0 Å². The molecule has 29 heavy (non-hydrogen) atoms. The van der Waals surface area contributed by atoms with E-state index in [1.54, 1.807) is 9.91 Å². The van der Waals surface area contributed by atoms with Gasteiger partial charge in [-0.05, 0) is 42.8 Å². The second-order valence-electron chi connectivity index (χ2n) is 7.03. The molecule has 0 bridgehead atoms. The lowest BCUT2D eigenvalue weighted by molar-refractivity contribution is -0.124. The first-order chi connectivity index (χ1) is 14.2. The Bertz CT molecular complexity index is 1030. The fourth-order valence-corrected chi connectivity index (χ4v) is 5.33. The van der Waals surface area contributed by atoms with Crippen LogP contribution in [0.5, 0.6) is 0 Å². The van der Waals surface area contributed by atoms with Gasteiger partial charge in [-0.25, -0.2) is 0 Å². The molecule has 2 amide bonds. The van der Waals surface area contributed by atoms with Crippen LogP contribution >= 0.6 is 11.8 Å². The van der Waals surface area contributed by atoms with E-state index in [1.165, 1.54) is 11.8 Å². The first-order valence-electron chi connectivity index (χ1n) is 9.51. The van der Waals surface area contributed by atoms with Gasteiger partial charge in [0.1, 0.15) is 0 Å².